The second kappa shape index (κ2) is 7.29. The smallest absolute Gasteiger partial charge is 0.258 e. The van der Waals surface area contributed by atoms with Crippen molar-refractivity contribution in [3.8, 4) is 0 Å². The van der Waals surface area contributed by atoms with Crippen molar-refractivity contribution in [3.05, 3.63) is 53.2 Å². The van der Waals surface area contributed by atoms with Gasteiger partial charge >= 0.3 is 0 Å². The zero-order valence-electron chi connectivity index (χ0n) is 15.8. The van der Waals surface area contributed by atoms with Crippen molar-refractivity contribution < 1.29 is 14.3 Å². The minimum Gasteiger partial charge on any atom is -0.370 e. The number of aryl methyl sites for hydroxylation is 2. The van der Waals surface area contributed by atoms with E-state index in [1.54, 1.807) is 6.07 Å². The molecule has 0 atom stereocenters. The molecule has 1 aromatic heterocycles. The highest BCUT2D eigenvalue weighted by Crippen LogP contribution is 2.35. The maximum Gasteiger partial charge on any atom is 0.258 e. The number of ether oxygens (including phenoxy) is 2. The van der Waals surface area contributed by atoms with Crippen LogP contribution in [0.25, 0.3) is 0 Å². The van der Waals surface area contributed by atoms with E-state index in [1.165, 1.54) is 0 Å². The summed E-state index contributed by atoms with van der Waals surface area (Å²) in [5, 5.41) is 2.93. The molecule has 0 aliphatic carbocycles. The molecule has 1 N–H and O–H groups in total. The first-order chi connectivity index (χ1) is 13.1. The molecular weight excluding hydrogens is 342 g/mol. The highest BCUT2D eigenvalue weighted by molar-refractivity contribution is 6.08. The fraction of sp³-hybridized carbons (Fsp3) is 0.429. The Morgan fingerprint density at radius 1 is 1.07 bits per heavy atom. The standard InChI is InChI=1S/C21H25N3O3/c1-15-5-3-7-17(20(25)23-18-8-4-6-16(2)22-18)19(15)24-11-9-21(10-12-24)26-13-14-27-21/h3-8H,9-14H2,1-2H3,(H,22,23,25). The summed E-state index contributed by atoms with van der Waals surface area (Å²) in [6.45, 7) is 6.89. The summed E-state index contributed by atoms with van der Waals surface area (Å²) in [6.07, 6.45) is 1.61. The topological polar surface area (TPSA) is 63.7 Å². The Kier molecular flexibility index (Phi) is 4.85. The molecule has 1 aromatic carbocycles. The Balaban J connectivity index is 1.56. The number of piperidine rings is 1. The molecule has 2 fully saturated rings. The van der Waals surface area contributed by atoms with E-state index in [1.807, 2.05) is 44.2 Å². The van der Waals surface area contributed by atoms with Gasteiger partial charge < -0.3 is 19.7 Å². The minimum atomic E-state index is -0.424. The molecule has 1 amide bonds. The lowest BCUT2D eigenvalue weighted by atomic mass is 9.99. The van der Waals surface area contributed by atoms with Crippen molar-refractivity contribution in [3.63, 3.8) is 0 Å². The SMILES string of the molecule is Cc1cccc(NC(=O)c2cccc(C)c2N2CCC3(CC2)OCCO3)n1. The van der Waals surface area contributed by atoms with Crippen LogP contribution in [-0.2, 0) is 9.47 Å². The first-order valence-electron chi connectivity index (χ1n) is 9.44. The van der Waals surface area contributed by atoms with Crippen LogP contribution >= 0.6 is 0 Å². The predicted molar refractivity (Wildman–Crippen MR) is 104 cm³/mol. The number of hydrogen-bond donors (Lipinski definition) is 1. The molecule has 142 valence electrons. The number of nitrogens with one attached hydrogen (secondary N) is 1. The Bertz CT molecular complexity index is 836. The highest BCUT2D eigenvalue weighted by Gasteiger charge is 2.40. The number of rotatable bonds is 3. The third-order valence-electron chi connectivity index (χ3n) is 5.27. The third-order valence-corrected chi connectivity index (χ3v) is 5.27. The maximum absolute atomic E-state index is 13.0. The Hall–Kier alpha value is -2.44. The van der Waals surface area contributed by atoms with Crippen LogP contribution < -0.4 is 10.2 Å². The Labute approximate surface area is 159 Å². The van der Waals surface area contributed by atoms with Gasteiger partial charge in [-0.3, -0.25) is 4.79 Å². The number of hydrogen-bond acceptors (Lipinski definition) is 5. The molecule has 2 aliphatic heterocycles. The van der Waals surface area contributed by atoms with Crippen molar-refractivity contribution in [2.24, 2.45) is 0 Å². The molecule has 0 bridgehead atoms. The lowest BCUT2D eigenvalue weighted by molar-refractivity contribution is -0.169. The third kappa shape index (κ3) is 3.68. The molecule has 6 nitrogen and oxygen atoms in total. The van der Waals surface area contributed by atoms with Crippen LogP contribution in [0, 0.1) is 13.8 Å². The van der Waals surface area contributed by atoms with Gasteiger partial charge in [-0.2, -0.15) is 0 Å². The molecule has 2 aliphatic rings. The molecule has 1 spiro atoms. The van der Waals surface area contributed by atoms with E-state index in [0.29, 0.717) is 24.6 Å². The summed E-state index contributed by atoms with van der Waals surface area (Å²) in [5.74, 6) is 0.00543. The number of benzene rings is 1. The summed E-state index contributed by atoms with van der Waals surface area (Å²) >= 11 is 0. The summed E-state index contributed by atoms with van der Waals surface area (Å²) in [4.78, 5) is 19.6. The van der Waals surface area contributed by atoms with Gasteiger partial charge in [-0.15, -0.1) is 0 Å². The number of pyridine rings is 1. The number of anilines is 2. The number of nitrogens with zero attached hydrogens (tertiary/aromatic N) is 2. The van der Waals surface area contributed by atoms with Gasteiger partial charge in [0.15, 0.2) is 5.79 Å². The first-order valence-corrected chi connectivity index (χ1v) is 9.44. The van der Waals surface area contributed by atoms with Gasteiger partial charge in [0.05, 0.1) is 24.5 Å². The average molecular weight is 367 g/mol. The number of para-hydroxylation sites is 1. The molecule has 0 unspecified atom stereocenters. The second-order valence-corrected chi connectivity index (χ2v) is 7.18. The monoisotopic (exact) mass is 367 g/mol. The van der Waals surface area contributed by atoms with Crippen LogP contribution in [0.2, 0.25) is 0 Å². The fourth-order valence-corrected chi connectivity index (χ4v) is 3.91. The molecule has 2 aromatic rings. The number of aromatic nitrogens is 1. The van der Waals surface area contributed by atoms with Crippen molar-refractivity contribution in [1.29, 1.82) is 0 Å². The highest BCUT2D eigenvalue weighted by atomic mass is 16.7. The van der Waals surface area contributed by atoms with E-state index in [9.17, 15) is 4.79 Å². The largest absolute Gasteiger partial charge is 0.370 e. The zero-order chi connectivity index (χ0) is 18.9. The predicted octanol–water partition coefficient (Wildman–Crippen LogP) is 3.29. The van der Waals surface area contributed by atoms with E-state index in [-0.39, 0.29) is 5.91 Å². The molecule has 4 rings (SSSR count). The fourth-order valence-electron chi connectivity index (χ4n) is 3.91. The van der Waals surface area contributed by atoms with Crippen LogP contribution in [0.5, 0.6) is 0 Å². The lowest BCUT2D eigenvalue weighted by Crippen LogP contribution is -2.45. The van der Waals surface area contributed by atoms with Crippen molar-refractivity contribution in [2.45, 2.75) is 32.5 Å². The van der Waals surface area contributed by atoms with Gasteiger partial charge in [0.25, 0.3) is 5.91 Å². The molecule has 3 heterocycles. The molecule has 6 heteroatoms. The van der Waals surface area contributed by atoms with Gasteiger partial charge in [0, 0.05) is 31.6 Å². The molecule has 0 radical (unpaired) electrons. The van der Waals surface area contributed by atoms with E-state index < -0.39 is 5.79 Å². The minimum absolute atomic E-state index is 0.138. The van der Waals surface area contributed by atoms with Crippen LogP contribution in [0.1, 0.15) is 34.5 Å². The summed E-state index contributed by atoms with van der Waals surface area (Å²) < 4.78 is 11.7. The quantitative estimate of drug-likeness (QED) is 0.902. The lowest BCUT2D eigenvalue weighted by Gasteiger charge is -2.39. The van der Waals surface area contributed by atoms with E-state index >= 15 is 0 Å². The van der Waals surface area contributed by atoms with Gasteiger partial charge in [0.1, 0.15) is 5.82 Å². The Morgan fingerprint density at radius 3 is 2.48 bits per heavy atom. The number of carbonyl (C=O) groups is 1. The molecule has 27 heavy (non-hydrogen) atoms. The Morgan fingerprint density at radius 2 is 1.78 bits per heavy atom. The maximum atomic E-state index is 13.0. The normalized spacial score (nSPS) is 18.7. The van der Waals surface area contributed by atoms with Crippen LogP contribution in [0.4, 0.5) is 11.5 Å². The van der Waals surface area contributed by atoms with Crippen LogP contribution in [0.15, 0.2) is 36.4 Å². The second-order valence-electron chi connectivity index (χ2n) is 7.18. The van der Waals surface area contributed by atoms with Crippen molar-refractivity contribution in [1.82, 2.24) is 4.98 Å². The molecule has 2 saturated heterocycles. The van der Waals surface area contributed by atoms with E-state index in [2.05, 4.69) is 15.2 Å². The van der Waals surface area contributed by atoms with Crippen LogP contribution in [-0.4, -0.2) is 43.0 Å². The van der Waals surface area contributed by atoms with E-state index in [0.717, 1.165) is 42.9 Å². The summed E-state index contributed by atoms with van der Waals surface area (Å²) in [6, 6.07) is 11.4. The van der Waals surface area contributed by atoms with Gasteiger partial charge in [0.2, 0.25) is 0 Å². The average Bonchev–Trinajstić information content (AvgIpc) is 3.10. The van der Waals surface area contributed by atoms with Crippen molar-refractivity contribution in [2.75, 3.05) is 36.5 Å². The zero-order valence-corrected chi connectivity index (χ0v) is 15.8. The molecular formula is C21H25N3O3. The summed E-state index contributed by atoms with van der Waals surface area (Å²) in [7, 11) is 0. The number of carbonyl (C=O) groups excluding carboxylic acids is 1. The van der Waals surface area contributed by atoms with Gasteiger partial charge in [-0.1, -0.05) is 18.2 Å². The van der Waals surface area contributed by atoms with Crippen molar-refractivity contribution >= 4 is 17.4 Å². The number of amides is 1. The van der Waals surface area contributed by atoms with Gasteiger partial charge in [-0.25, -0.2) is 4.98 Å². The first kappa shape index (κ1) is 17.9. The summed E-state index contributed by atoms with van der Waals surface area (Å²) in [5.41, 5.74) is 3.61. The van der Waals surface area contributed by atoms with E-state index in [4.69, 9.17) is 9.47 Å². The van der Waals surface area contributed by atoms with Gasteiger partial charge in [-0.05, 0) is 37.6 Å². The van der Waals surface area contributed by atoms with Crippen LogP contribution in [0.3, 0.4) is 0 Å². The molecule has 0 saturated carbocycles.